The van der Waals surface area contributed by atoms with Crippen LogP contribution in [0.15, 0.2) is 18.2 Å². The second kappa shape index (κ2) is 5.20. The molecule has 0 radical (unpaired) electrons. The quantitative estimate of drug-likeness (QED) is 0.715. The van der Waals surface area contributed by atoms with Crippen LogP contribution in [0.1, 0.15) is 17.3 Å². The van der Waals surface area contributed by atoms with Gasteiger partial charge in [0.1, 0.15) is 17.5 Å². The fourth-order valence-corrected chi connectivity index (χ4v) is 1.16. The van der Waals surface area contributed by atoms with Gasteiger partial charge in [-0.3, -0.25) is 9.59 Å². The zero-order chi connectivity index (χ0) is 13.0. The molecule has 1 aromatic carbocycles. The summed E-state index contributed by atoms with van der Waals surface area (Å²) >= 11 is 0. The highest BCUT2D eigenvalue weighted by atomic mass is 16.5. The number of phenols is 1. The molecule has 92 valence electrons. The molecule has 0 unspecified atom stereocenters. The molecule has 1 aromatic rings. The minimum absolute atomic E-state index is 0.0301. The van der Waals surface area contributed by atoms with Crippen molar-refractivity contribution in [2.75, 3.05) is 7.11 Å². The number of aliphatic carboxylic acids is 1. The van der Waals surface area contributed by atoms with Gasteiger partial charge in [-0.25, -0.2) is 0 Å². The number of rotatable bonds is 4. The molecule has 0 fully saturated rings. The maximum absolute atomic E-state index is 11.7. The van der Waals surface area contributed by atoms with Gasteiger partial charge in [-0.1, -0.05) is 0 Å². The third kappa shape index (κ3) is 3.10. The third-order valence-corrected chi connectivity index (χ3v) is 2.17. The van der Waals surface area contributed by atoms with Crippen molar-refractivity contribution in [3.63, 3.8) is 0 Å². The molecular weight excluding hydrogens is 226 g/mol. The van der Waals surface area contributed by atoms with Gasteiger partial charge >= 0.3 is 5.97 Å². The molecule has 1 amide bonds. The van der Waals surface area contributed by atoms with Crippen LogP contribution in [0.25, 0.3) is 0 Å². The van der Waals surface area contributed by atoms with Crippen molar-refractivity contribution in [3.05, 3.63) is 23.8 Å². The molecule has 6 heteroatoms. The molecule has 0 saturated carbocycles. The molecule has 3 N–H and O–H groups in total. The lowest BCUT2D eigenvalue weighted by atomic mass is 10.1. The lowest BCUT2D eigenvalue weighted by Gasteiger charge is -2.11. The summed E-state index contributed by atoms with van der Waals surface area (Å²) in [6.45, 7) is 1.33. The van der Waals surface area contributed by atoms with E-state index in [1.54, 1.807) is 0 Å². The Hall–Kier alpha value is -2.24. The monoisotopic (exact) mass is 239 g/mol. The molecule has 0 bridgehead atoms. The summed E-state index contributed by atoms with van der Waals surface area (Å²) < 4.78 is 4.91. The summed E-state index contributed by atoms with van der Waals surface area (Å²) in [6.07, 6.45) is 0. The van der Waals surface area contributed by atoms with Crippen LogP contribution in [0.4, 0.5) is 0 Å². The first-order valence-corrected chi connectivity index (χ1v) is 4.86. The van der Waals surface area contributed by atoms with Crippen molar-refractivity contribution in [2.24, 2.45) is 0 Å². The molecule has 0 spiro atoms. The summed E-state index contributed by atoms with van der Waals surface area (Å²) in [6, 6.07) is 3.10. The highest BCUT2D eigenvalue weighted by Gasteiger charge is 2.18. The van der Waals surface area contributed by atoms with Crippen molar-refractivity contribution >= 4 is 11.9 Å². The number of hydrogen-bond donors (Lipinski definition) is 3. The summed E-state index contributed by atoms with van der Waals surface area (Å²) in [4.78, 5) is 22.2. The van der Waals surface area contributed by atoms with E-state index in [1.165, 1.54) is 32.2 Å². The zero-order valence-corrected chi connectivity index (χ0v) is 9.43. The van der Waals surface area contributed by atoms with Crippen molar-refractivity contribution in [2.45, 2.75) is 13.0 Å². The van der Waals surface area contributed by atoms with E-state index in [9.17, 15) is 14.7 Å². The van der Waals surface area contributed by atoms with Crippen molar-refractivity contribution in [3.8, 4) is 11.5 Å². The summed E-state index contributed by atoms with van der Waals surface area (Å²) in [5, 5.41) is 20.4. The summed E-state index contributed by atoms with van der Waals surface area (Å²) in [5.41, 5.74) is -0.0301. The molecule has 0 aliphatic carbocycles. The van der Waals surface area contributed by atoms with Crippen molar-refractivity contribution in [1.82, 2.24) is 5.32 Å². The molecule has 1 atom stereocenters. The molecule has 0 aliphatic rings. The number of aromatic hydroxyl groups is 1. The predicted octanol–water partition coefficient (Wildman–Crippen LogP) is 0.604. The van der Waals surface area contributed by atoms with E-state index in [2.05, 4.69) is 5.32 Å². The van der Waals surface area contributed by atoms with E-state index in [-0.39, 0.29) is 11.3 Å². The van der Waals surface area contributed by atoms with Crippen molar-refractivity contribution < 1.29 is 24.5 Å². The minimum Gasteiger partial charge on any atom is -0.507 e. The number of methoxy groups -OCH3 is 1. The molecule has 0 saturated heterocycles. The van der Waals surface area contributed by atoms with Gasteiger partial charge in [0.2, 0.25) is 0 Å². The second-order valence-corrected chi connectivity index (χ2v) is 3.42. The Morgan fingerprint density at radius 1 is 1.41 bits per heavy atom. The van der Waals surface area contributed by atoms with Crippen LogP contribution in [0.2, 0.25) is 0 Å². The fourth-order valence-electron chi connectivity index (χ4n) is 1.16. The first-order chi connectivity index (χ1) is 7.95. The Kier molecular flexibility index (Phi) is 3.92. The Labute approximate surface area is 97.8 Å². The normalized spacial score (nSPS) is 11.6. The van der Waals surface area contributed by atoms with Crippen LogP contribution in [-0.2, 0) is 4.79 Å². The minimum atomic E-state index is -1.15. The zero-order valence-electron chi connectivity index (χ0n) is 9.43. The van der Waals surface area contributed by atoms with Crippen LogP contribution in [-0.4, -0.2) is 35.2 Å². The first kappa shape index (κ1) is 12.8. The number of carbonyl (C=O) groups is 2. The van der Waals surface area contributed by atoms with Crippen LogP contribution >= 0.6 is 0 Å². The number of amides is 1. The Balaban J connectivity index is 2.91. The van der Waals surface area contributed by atoms with Crippen LogP contribution in [0.3, 0.4) is 0 Å². The number of nitrogens with one attached hydrogen (secondary N) is 1. The van der Waals surface area contributed by atoms with Crippen LogP contribution < -0.4 is 10.1 Å². The molecule has 0 aromatic heterocycles. The van der Waals surface area contributed by atoms with E-state index in [0.29, 0.717) is 5.75 Å². The third-order valence-electron chi connectivity index (χ3n) is 2.17. The number of carbonyl (C=O) groups excluding carboxylic acids is 1. The molecule has 1 rings (SSSR count). The van der Waals surface area contributed by atoms with Crippen LogP contribution in [0, 0.1) is 0 Å². The predicted molar refractivity (Wildman–Crippen MR) is 59.2 cm³/mol. The van der Waals surface area contributed by atoms with E-state index < -0.39 is 17.9 Å². The smallest absolute Gasteiger partial charge is 0.325 e. The number of phenolic OH excluding ortho intramolecular Hbond substituents is 1. The molecular formula is C11H13NO5. The molecule has 6 nitrogen and oxygen atoms in total. The molecule has 0 aliphatic heterocycles. The number of hydrogen-bond acceptors (Lipinski definition) is 4. The van der Waals surface area contributed by atoms with Gasteiger partial charge in [-0.2, -0.15) is 0 Å². The number of carboxylic acids is 1. The fraction of sp³-hybridized carbons (Fsp3) is 0.273. The first-order valence-electron chi connectivity index (χ1n) is 4.86. The van der Waals surface area contributed by atoms with Gasteiger partial charge in [0.25, 0.3) is 5.91 Å². The average molecular weight is 239 g/mol. The van der Waals surface area contributed by atoms with E-state index in [0.717, 1.165) is 0 Å². The van der Waals surface area contributed by atoms with Gasteiger partial charge in [-0.15, -0.1) is 0 Å². The SMILES string of the molecule is COc1ccc(O)c(C(=O)N[C@H](C)C(=O)O)c1. The van der Waals surface area contributed by atoms with E-state index in [1.807, 2.05) is 0 Å². The van der Waals surface area contributed by atoms with Crippen LogP contribution in [0.5, 0.6) is 11.5 Å². The molecule has 17 heavy (non-hydrogen) atoms. The highest BCUT2D eigenvalue weighted by Crippen LogP contribution is 2.22. The second-order valence-electron chi connectivity index (χ2n) is 3.42. The average Bonchev–Trinajstić information content (AvgIpc) is 2.29. The number of benzene rings is 1. The maximum Gasteiger partial charge on any atom is 0.325 e. The van der Waals surface area contributed by atoms with Gasteiger partial charge in [0.05, 0.1) is 12.7 Å². The van der Waals surface area contributed by atoms with Gasteiger partial charge in [0.15, 0.2) is 0 Å². The van der Waals surface area contributed by atoms with Gasteiger partial charge < -0.3 is 20.3 Å². The lowest BCUT2D eigenvalue weighted by Crippen LogP contribution is -2.38. The topological polar surface area (TPSA) is 95.9 Å². The largest absolute Gasteiger partial charge is 0.507 e. The van der Waals surface area contributed by atoms with Gasteiger partial charge in [0, 0.05) is 0 Å². The number of carboxylic acid groups (broad SMARTS) is 1. The Morgan fingerprint density at radius 3 is 2.59 bits per heavy atom. The highest BCUT2D eigenvalue weighted by molar-refractivity contribution is 5.99. The Bertz CT molecular complexity index is 443. The Morgan fingerprint density at radius 2 is 2.06 bits per heavy atom. The maximum atomic E-state index is 11.7. The summed E-state index contributed by atoms with van der Waals surface area (Å²) in [7, 11) is 1.42. The van der Waals surface area contributed by atoms with Gasteiger partial charge in [-0.05, 0) is 25.1 Å². The molecule has 0 heterocycles. The standard InChI is InChI=1S/C11H13NO5/c1-6(11(15)16)12-10(14)8-5-7(17-2)3-4-9(8)13/h3-6,13H,1-2H3,(H,12,14)(H,15,16)/t6-/m1/s1. The van der Waals surface area contributed by atoms with E-state index in [4.69, 9.17) is 9.84 Å². The van der Waals surface area contributed by atoms with E-state index >= 15 is 0 Å². The number of ether oxygens (including phenoxy) is 1. The van der Waals surface area contributed by atoms with Crippen molar-refractivity contribution in [1.29, 1.82) is 0 Å². The lowest BCUT2D eigenvalue weighted by molar-refractivity contribution is -0.138. The summed E-state index contributed by atoms with van der Waals surface area (Å²) in [5.74, 6) is -1.66.